The Labute approximate surface area is 184 Å². The third-order valence-corrected chi connectivity index (χ3v) is 7.37. The number of halogens is 3. The minimum absolute atomic E-state index is 0.102. The summed E-state index contributed by atoms with van der Waals surface area (Å²) in [7, 11) is -4.20. The SMILES string of the molecule is CC(=O)Nc1sc(S(=O)(=O)c2ccc(OC(F)(F)F)cc2)cc1-c1ccccc1C(=O)O. The zero-order valence-electron chi connectivity index (χ0n) is 16.1. The second kappa shape index (κ2) is 8.63. The van der Waals surface area contributed by atoms with Gasteiger partial charge < -0.3 is 15.2 Å². The molecule has 0 aliphatic heterocycles. The molecule has 0 unspecified atom stereocenters. The van der Waals surface area contributed by atoms with E-state index in [1.54, 1.807) is 6.07 Å². The molecule has 168 valence electrons. The summed E-state index contributed by atoms with van der Waals surface area (Å²) in [5.74, 6) is -2.33. The van der Waals surface area contributed by atoms with E-state index in [9.17, 15) is 36.3 Å². The maximum atomic E-state index is 13.1. The van der Waals surface area contributed by atoms with Gasteiger partial charge in [-0.25, -0.2) is 13.2 Å². The highest BCUT2D eigenvalue weighted by Gasteiger charge is 2.31. The summed E-state index contributed by atoms with van der Waals surface area (Å²) in [6.07, 6.45) is -4.92. The van der Waals surface area contributed by atoms with Gasteiger partial charge in [0.1, 0.15) is 15.0 Å². The fourth-order valence-electron chi connectivity index (χ4n) is 2.79. The van der Waals surface area contributed by atoms with Crippen molar-refractivity contribution in [2.24, 2.45) is 0 Å². The third-order valence-electron chi connectivity index (χ3n) is 4.08. The quantitative estimate of drug-likeness (QED) is 0.519. The number of alkyl halides is 3. The van der Waals surface area contributed by atoms with E-state index in [-0.39, 0.29) is 30.8 Å². The van der Waals surface area contributed by atoms with Crippen LogP contribution in [-0.4, -0.2) is 31.8 Å². The molecule has 2 aromatic carbocycles. The lowest BCUT2D eigenvalue weighted by Crippen LogP contribution is -2.17. The molecule has 1 heterocycles. The Morgan fingerprint density at radius 1 is 1.03 bits per heavy atom. The van der Waals surface area contributed by atoms with Crippen molar-refractivity contribution in [3.8, 4) is 16.9 Å². The predicted molar refractivity (Wildman–Crippen MR) is 110 cm³/mol. The van der Waals surface area contributed by atoms with Gasteiger partial charge in [0, 0.05) is 12.5 Å². The monoisotopic (exact) mass is 485 g/mol. The molecule has 3 aromatic rings. The van der Waals surface area contributed by atoms with Crippen LogP contribution in [-0.2, 0) is 14.6 Å². The first-order valence-corrected chi connectivity index (χ1v) is 11.0. The Bertz CT molecular complexity index is 1280. The molecule has 0 saturated carbocycles. The van der Waals surface area contributed by atoms with E-state index in [0.29, 0.717) is 11.3 Å². The Morgan fingerprint density at radius 2 is 1.66 bits per heavy atom. The topological polar surface area (TPSA) is 110 Å². The number of rotatable bonds is 6. The van der Waals surface area contributed by atoms with Crippen LogP contribution in [0, 0.1) is 0 Å². The fraction of sp³-hybridized carbons (Fsp3) is 0.100. The lowest BCUT2D eigenvalue weighted by Gasteiger charge is -2.09. The van der Waals surface area contributed by atoms with Gasteiger partial charge in [-0.2, -0.15) is 0 Å². The second-order valence-corrected chi connectivity index (χ2v) is 9.59. The minimum atomic E-state index is -4.92. The lowest BCUT2D eigenvalue weighted by molar-refractivity contribution is -0.274. The number of hydrogen-bond donors (Lipinski definition) is 2. The van der Waals surface area contributed by atoms with E-state index in [2.05, 4.69) is 10.1 Å². The predicted octanol–water partition coefficient (Wildman–Crippen LogP) is 4.80. The molecule has 0 spiro atoms. The van der Waals surface area contributed by atoms with Crippen molar-refractivity contribution < 1.29 is 41.0 Å². The number of anilines is 1. The van der Waals surface area contributed by atoms with Gasteiger partial charge in [0.05, 0.1) is 10.5 Å². The van der Waals surface area contributed by atoms with Crippen LogP contribution in [0.4, 0.5) is 18.2 Å². The summed E-state index contributed by atoms with van der Waals surface area (Å²) in [4.78, 5) is 22.9. The van der Waals surface area contributed by atoms with Gasteiger partial charge in [0.2, 0.25) is 15.7 Å². The molecule has 1 amide bonds. The highest BCUT2D eigenvalue weighted by Crippen LogP contribution is 2.41. The highest BCUT2D eigenvalue weighted by atomic mass is 32.2. The van der Waals surface area contributed by atoms with E-state index < -0.39 is 33.8 Å². The number of thiophene rings is 1. The molecular weight excluding hydrogens is 471 g/mol. The van der Waals surface area contributed by atoms with E-state index in [0.717, 1.165) is 24.3 Å². The van der Waals surface area contributed by atoms with E-state index in [1.807, 2.05) is 0 Å². The number of carbonyl (C=O) groups excluding carboxylic acids is 1. The van der Waals surface area contributed by atoms with E-state index in [4.69, 9.17) is 0 Å². The third kappa shape index (κ3) is 5.08. The van der Waals surface area contributed by atoms with Crippen molar-refractivity contribution in [1.82, 2.24) is 0 Å². The van der Waals surface area contributed by atoms with Crippen molar-refractivity contribution in [1.29, 1.82) is 0 Å². The zero-order chi connectivity index (χ0) is 23.7. The Kier molecular flexibility index (Phi) is 6.28. The van der Waals surface area contributed by atoms with Gasteiger partial charge in [0.25, 0.3) is 0 Å². The number of sulfone groups is 1. The number of nitrogens with one attached hydrogen (secondary N) is 1. The number of ether oxygens (including phenoxy) is 1. The molecule has 0 atom stereocenters. The standard InChI is InChI=1S/C20H14F3NO6S2/c1-11(25)24-18-16(14-4-2-3-5-15(14)19(26)27)10-17(31-18)32(28,29)13-8-6-12(7-9-13)30-20(21,22)23/h2-10H,1H3,(H,24,25)(H,26,27). The van der Waals surface area contributed by atoms with Crippen LogP contribution in [0.5, 0.6) is 5.75 Å². The van der Waals surface area contributed by atoms with Crippen molar-refractivity contribution in [3.05, 3.63) is 60.2 Å². The molecule has 1 aromatic heterocycles. The second-order valence-electron chi connectivity index (χ2n) is 6.36. The largest absolute Gasteiger partial charge is 0.573 e. The molecule has 7 nitrogen and oxygen atoms in total. The number of benzene rings is 2. The van der Waals surface area contributed by atoms with Gasteiger partial charge >= 0.3 is 12.3 Å². The molecule has 12 heteroatoms. The van der Waals surface area contributed by atoms with Gasteiger partial charge in [-0.05, 0) is 42.0 Å². The van der Waals surface area contributed by atoms with Crippen LogP contribution in [0.1, 0.15) is 17.3 Å². The summed E-state index contributed by atoms with van der Waals surface area (Å²) in [5.41, 5.74) is 0.267. The Hall–Kier alpha value is -3.38. The summed E-state index contributed by atoms with van der Waals surface area (Å²) in [6.45, 7) is 1.21. The number of carboxylic acid groups (broad SMARTS) is 1. The van der Waals surface area contributed by atoms with Gasteiger partial charge in [-0.3, -0.25) is 4.79 Å². The van der Waals surface area contributed by atoms with Crippen LogP contribution in [0.3, 0.4) is 0 Å². The van der Waals surface area contributed by atoms with Crippen molar-refractivity contribution in [3.63, 3.8) is 0 Å². The molecule has 3 rings (SSSR count). The van der Waals surface area contributed by atoms with Gasteiger partial charge in [0.15, 0.2) is 0 Å². The molecule has 0 fully saturated rings. The minimum Gasteiger partial charge on any atom is -0.478 e. The maximum absolute atomic E-state index is 13.1. The average molecular weight is 485 g/mol. The molecule has 0 saturated heterocycles. The fourth-order valence-corrected chi connectivity index (χ4v) is 5.62. The Morgan fingerprint density at radius 3 is 2.22 bits per heavy atom. The van der Waals surface area contributed by atoms with Crippen LogP contribution in [0.15, 0.2) is 63.7 Å². The summed E-state index contributed by atoms with van der Waals surface area (Å²) < 4.78 is 66.6. The number of hydrogen-bond acceptors (Lipinski definition) is 6. The van der Waals surface area contributed by atoms with Crippen LogP contribution < -0.4 is 10.1 Å². The molecule has 0 radical (unpaired) electrons. The summed E-state index contributed by atoms with van der Waals surface area (Å²) in [6, 6.07) is 10.7. The number of aromatic carboxylic acids is 1. The van der Waals surface area contributed by atoms with Crippen molar-refractivity contribution >= 4 is 38.1 Å². The van der Waals surface area contributed by atoms with Crippen LogP contribution >= 0.6 is 11.3 Å². The number of amides is 1. The molecule has 2 N–H and O–H groups in total. The van der Waals surface area contributed by atoms with Crippen molar-refractivity contribution in [2.75, 3.05) is 5.32 Å². The van der Waals surface area contributed by atoms with E-state index in [1.165, 1.54) is 31.2 Å². The maximum Gasteiger partial charge on any atom is 0.573 e. The number of carbonyl (C=O) groups is 2. The smallest absolute Gasteiger partial charge is 0.478 e. The molecular formula is C20H14F3NO6S2. The first-order valence-electron chi connectivity index (χ1n) is 8.73. The molecule has 0 bridgehead atoms. The van der Waals surface area contributed by atoms with Crippen LogP contribution in [0.25, 0.3) is 11.1 Å². The first-order chi connectivity index (χ1) is 14.9. The lowest BCUT2D eigenvalue weighted by atomic mass is 10.0. The molecule has 32 heavy (non-hydrogen) atoms. The summed E-state index contributed by atoms with van der Waals surface area (Å²) in [5, 5.41) is 12.1. The van der Waals surface area contributed by atoms with E-state index >= 15 is 0 Å². The van der Waals surface area contributed by atoms with Crippen molar-refractivity contribution in [2.45, 2.75) is 22.4 Å². The Balaban J connectivity index is 2.09. The highest BCUT2D eigenvalue weighted by molar-refractivity contribution is 7.93. The first kappa shape index (κ1) is 23.3. The van der Waals surface area contributed by atoms with Crippen LogP contribution in [0.2, 0.25) is 0 Å². The average Bonchev–Trinajstić information content (AvgIpc) is 3.11. The van der Waals surface area contributed by atoms with Gasteiger partial charge in [-0.15, -0.1) is 24.5 Å². The van der Waals surface area contributed by atoms with Gasteiger partial charge in [-0.1, -0.05) is 18.2 Å². The summed E-state index contributed by atoms with van der Waals surface area (Å²) >= 11 is 0.695. The molecule has 0 aliphatic carbocycles. The normalized spacial score (nSPS) is 11.8. The number of carboxylic acids is 1. The molecule has 0 aliphatic rings. The zero-order valence-corrected chi connectivity index (χ0v) is 17.8.